The maximum Gasteiger partial charge on any atom is 0.254 e. The first-order chi connectivity index (χ1) is 12.0. The first kappa shape index (κ1) is 17.3. The lowest BCUT2D eigenvalue weighted by Gasteiger charge is -2.13. The molecule has 130 valence electrons. The SMILES string of the molecule is Cc1cc(CSc2ncccc2C(=O)NC(C)c2ccc(C)o2)no1. The third-order valence-electron chi connectivity index (χ3n) is 3.58. The van der Waals surface area contributed by atoms with Crippen LogP contribution < -0.4 is 5.32 Å². The normalized spacial score (nSPS) is 12.1. The van der Waals surface area contributed by atoms with Crippen LogP contribution in [0.1, 0.15) is 46.3 Å². The number of thioether (sulfide) groups is 1. The number of carbonyl (C=O) groups excluding carboxylic acids is 1. The number of hydrogen-bond acceptors (Lipinski definition) is 6. The van der Waals surface area contributed by atoms with Gasteiger partial charge in [0.25, 0.3) is 5.91 Å². The highest BCUT2D eigenvalue weighted by atomic mass is 32.2. The second-order valence-corrected chi connectivity index (χ2v) is 6.68. The van der Waals surface area contributed by atoms with Crippen LogP contribution in [0.2, 0.25) is 0 Å². The third kappa shape index (κ3) is 4.30. The van der Waals surface area contributed by atoms with Gasteiger partial charge < -0.3 is 14.3 Å². The Hall–Kier alpha value is -2.54. The summed E-state index contributed by atoms with van der Waals surface area (Å²) in [5, 5.41) is 7.56. The molecule has 3 heterocycles. The highest BCUT2D eigenvalue weighted by Gasteiger charge is 2.18. The second-order valence-electron chi connectivity index (χ2n) is 5.72. The van der Waals surface area contributed by atoms with Crippen LogP contribution >= 0.6 is 11.8 Å². The minimum absolute atomic E-state index is 0.187. The van der Waals surface area contributed by atoms with Crippen molar-refractivity contribution in [3.63, 3.8) is 0 Å². The molecule has 7 heteroatoms. The van der Waals surface area contributed by atoms with E-state index in [0.717, 1.165) is 23.0 Å². The number of aryl methyl sites for hydroxylation is 2. The van der Waals surface area contributed by atoms with E-state index in [2.05, 4.69) is 15.5 Å². The van der Waals surface area contributed by atoms with Crippen LogP contribution in [0.4, 0.5) is 0 Å². The standard InChI is InChI=1S/C18H19N3O3S/c1-11-6-7-16(23-11)13(3)20-17(22)15-5-4-8-19-18(15)25-10-14-9-12(2)24-21-14/h4-9,13H,10H2,1-3H3,(H,20,22). The minimum Gasteiger partial charge on any atom is -0.464 e. The van der Waals surface area contributed by atoms with Crippen molar-refractivity contribution < 1.29 is 13.7 Å². The maximum absolute atomic E-state index is 12.6. The number of furan rings is 1. The van der Waals surface area contributed by atoms with Crippen molar-refractivity contribution in [2.45, 2.75) is 37.6 Å². The van der Waals surface area contributed by atoms with Crippen LogP contribution in [0.3, 0.4) is 0 Å². The number of nitrogens with one attached hydrogen (secondary N) is 1. The molecule has 0 spiro atoms. The Morgan fingerprint density at radius 2 is 2.12 bits per heavy atom. The number of aromatic nitrogens is 2. The fraction of sp³-hybridized carbons (Fsp3) is 0.278. The Bertz CT molecular complexity index is 872. The lowest BCUT2D eigenvalue weighted by atomic mass is 10.2. The topological polar surface area (TPSA) is 81.2 Å². The average molecular weight is 357 g/mol. The largest absolute Gasteiger partial charge is 0.464 e. The van der Waals surface area contributed by atoms with E-state index in [-0.39, 0.29) is 11.9 Å². The van der Waals surface area contributed by atoms with Gasteiger partial charge >= 0.3 is 0 Å². The minimum atomic E-state index is -0.225. The Kier molecular flexibility index (Phi) is 5.23. The van der Waals surface area contributed by atoms with E-state index >= 15 is 0 Å². The summed E-state index contributed by atoms with van der Waals surface area (Å²) >= 11 is 1.45. The maximum atomic E-state index is 12.6. The fourth-order valence-corrected chi connectivity index (χ4v) is 3.21. The van der Waals surface area contributed by atoms with Gasteiger partial charge in [-0.05, 0) is 45.0 Å². The summed E-state index contributed by atoms with van der Waals surface area (Å²) in [4.78, 5) is 17.0. The molecular weight excluding hydrogens is 338 g/mol. The second kappa shape index (κ2) is 7.57. The molecule has 0 fully saturated rings. The molecule has 3 aromatic rings. The molecule has 6 nitrogen and oxygen atoms in total. The van der Waals surface area contributed by atoms with Crippen molar-refractivity contribution in [3.8, 4) is 0 Å². The van der Waals surface area contributed by atoms with Crippen molar-refractivity contribution >= 4 is 17.7 Å². The lowest BCUT2D eigenvalue weighted by molar-refractivity contribution is 0.0931. The van der Waals surface area contributed by atoms with E-state index in [1.54, 1.807) is 18.3 Å². The summed E-state index contributed by atoms with van der Waals surface area (Å²) in [6.45, 7) is 5.61. The molecule has 0 aliphatic heterocycles. The molecule has 3 rings (SSSR count). The quantitative estimate of drug-likeness (QED) is 0.670. The van der Waals surface area contributed by atoms with Gasteiger partial charge in [-0.25, -0.2) is 4.98 Å². The average Bonchev–Trinajstić information content (AvgIpc) is 3.21. The van der Waals surface area contributed by atoms with E-state index in [4.69, 9.17) is 8.94 Å². The molecule has 1 unspecified atom stereocenters. The van der Waals surface area contributed by atoms with Crippen molar-refractivity contribution in [1.29, 1.82) is 0 Å². The number of pyridine rings is 1. The highest BCUT2D eigenvalue weighted by molar-refractivity contribution is 7.98. The van der Waals surface area contributed by atoms with Gasteiger partial charge in [0.15, 0.2) is 0 Å². The smallest absolute Gasteiger partial charge is 0.254 e. The van der Waals surface area contributed by atoms with Crippen LogP contribution in [0, 0.1) is 13.8 Å². The molecule has 1 N–H and O–H groups in total. The molecule has 0 radical (unpaired) electrons. The fourth-order valence-electron chi connectivity index (χ4n) is 2.34. The Morgan fingerprint density at radius 1 is 1.28 bits per heavy atom. The van der Waals surface area contributed by atoms with Gasteiger partial charge in [-0.2, -0.15) is 0 Å². The van der Waals surface area contributed by atoms with E-state index in [9.17, 15) is 4.79 Å². The molecule has 1 atom stereocenters. The summed E-state index contributed by atoms with van der Waals surface area (Å²) in [5.74, 6) is 2.70. The summed E-state index contributed by atoms with van der Waals surface area (Å²) in [7, 11) is 0. The molecule has 1 amide bonds. The van der Waals surface area contributed by atoms with Crippen LogP contribution in [-0.2, 0) is 5.75 Å². The van der Waals surface area contributed by atoms with Crippen molar-refractivity contribution in [2.75, 3.05) is 0 Å². The van der Waals surface area contributed by atoms with Gasteiger partial charge in [0.2, 0.25) is 0 Å². The predicted molar refractivity (Wildman–Crippen MR) is 94.4 cm³/mol. The Morgan fingerprint density at radius 3 is 2.80 bits per heavy atom. The molecule has 0 bridgehead atoms. The highest BCUT2D eigenvalue weighted by Crippen LogP contribution is 2.25. The third-order valence-corrected chi connectivity index (χ3v) is 4.62. The van der Waals surface area contributed by atoms with E-state index in [1.807, 2.05) is 39.0 Å². The number of hydrogen-bond donors (Lipinski definition) is 1. The van der Waals surface area contributed by atoms with Crippen molar-refractivity contribution in [2.24, 2.45) is 0 Å². The molecular formula is C18H19N3O3S. The van der Waals surface area contributed by atoms with E-state index < -0.39 is 0 Å². The van der Waals surface area contributed by atoms with Gasteiger partial charge in [-0.3, -0.25) is 4.79 Å². The van der Waals surface area contributed by atoms with Gasteiger partial charge in [-0.1, -0.05) is 16.9 Å². The van der Waals surface area contributed by atoms with E-state index in [0.29, 0.717) is 16.3 Å². The monoisotopic (exact) mass is 357 g/mol. The zero-order valence-electron chi connectivity index (χ0n) is 14.3. The van der Waals surface area contributed by atoms with E-state index in [1.165, 1.54) is 11.8 Å². The molecule has 3 aromatic heterocycles. The predicted octanol–water partition coefficient (Wildman–Crippen LogP) is 4.06. The molecule has 0 aromatic carbocycles. The number of rotatable bonds is 6. The molecule has 0 aliphatic rings. The van der Waals surface area contributed by atoms with Crippen molar-refractivity contribution in [3.05, 3.63) is 65.1 Å². The molecule has 0 aliphatic carbocycles. The van der Waals surface area contributed by atoms with Crippen LogP contribution in [0.15, 0.2) is 50.5 Å². The molecule has 0 saturated heterocycles. The van der Waals surface area contributed by atoms with Crippen LogP contribution in [0.25, 0.3) is 0 Å². The van der Waals surface area contributed by atoms with Gasteiger partial charge in [0.1, 0.15) is 22.3 Å². The van der Waals surface area contributed by atoms with Gasteiger partial charge in [0.05, 0.1) is 17.3 Å². The summed E-state index contributed by atoms with van der Waals surface area (Å²) in [5.41, 5.74) is 1.35. The zero-order valence-corrected chi connectivity index (χ0v) is 15.1. The Labute approximate surface area is 150 Å². The van der Waals surface area contributed by atoms with Crippen LogP contribution in [0.5, 0.6) is 0 Å². The summed E-state index contributed by atoms with van der Waals surface area (Å²) in [6.07, 6.45) is 1.67. The summed E-state index contributed by atoms with van der Waals surface area (Å²) < 4.78 is 10.6. The van der Waals surface area contributed by atoms with Crippen LogP contribution in [-0.4, -0.2) is 16.0 Å². The zero-order chi connectivity index (χ0) is 17.8. The molecule has 25 heavy (non-hydrogen) atoms. The molecule has 0 saturated carbocycles. The first-order valence-corrected chi connectivity index (χ1v) is 8.88. The van der Waals surface area contributed by atoms with Crippen molar-refractivity contribution in [1.82, 2.24) is 15.5 Å². The number of amides is 1. The number of carbonyl (C=O) groups is 1. The van der Waals surface area contributed by atoms with Gasteiger partial charge in [0, 0.05) is 18.0 Å². The number of nitrogens with zero attached hydrogens (tertiary/aromatic N) is 2. The first-order valence-electron chi connectivity index (χ1n) is 7.90. The lowest BCUT2D eigenvalue weighted by Crippen LogP contribution is -2.27. The summed E-state index contributed by atoms with van der Waals surface area (Å²) in [6, 6.07) is 8.91. The van der Waals surface area contributed by atoms with Gasteiger partial charge in [-0.15, -0.1) is 0 Å². The Balaban J connectivity index is 1.69.